The molecule has 10 heteroatoms. The lowest BCUT2D eigenvalue weighted by atomic mass is 10.0. The number of methoxy groups -OCH3 is 2. The molecule has 2 atom stereocenters. The van der Waals surface area contributed by atoms with Gasteiger partial charge in [-0.1, -0.05) is 18.2 Å². The van der Waals surface area contributed by atoms with Crippen molar-refractivity contribution in [2.75, 3.05) is 51.8 Å². The lowest BCUT2D eigenvalue weighted by Gasteiger charge is -2.37. The highest BCUT2D eigenvalue weighted by atomic mass is 19.1. The molecule has 2 amide bonds. The molecule has 3 aliphatic heterocycles. The monoisotopic (exact) mass is 495 g/mol. The second-order valence-electron chi connectivity index (χ2n) is 9.04. The zero-order valence-electron chi connectivity index (χ0n) is 20.4. The first-order chi connectivity index (χ1) is 17.5. The van der Waals surface area contributed by atoms with Gasteiger partial charge in [0.2, 0.25) is 5.91 Å². The number of halogens is 1. The Bertz CT molecular complexity index is 1170. The Morgan fingerprint density at radius 3 is 2.50 bits per heavy atom. The van der Waals surface area contributed by atoms with Crippen molar-refractivity contribution in [3.8, 4) is 11.5 Å². The van der Waals surface area contributed by atoms with Crippen molar-refractivity contribution in [3.05, 3.63) is 66.2 Å². The molecule has 2 saturated heterocycles. The summed E-state index contributed by atoms with van der Waals surface area (Å²) in [6, 6.07) is 11.9. The van der Waals surface area contributed by atoms with Crippen molar-refractivity contribution >= 4 is 17.5 Å². The van der Waals surface area contributed by atoms with E-state index < -0.39 is 6.04 Å². The van der Waals surface area contributed by atoms with E-state index in [9.17, 15) is 14.0 Å². The normalized spacial score (nSPS) is 21.6. The van der Waals surface area contributed by atoms with Gasteiger partial charge in [-0.25, -0.2) is 9.82 Å². The summed E-state index contributed by atoms with van der Waals surface area (Å²) >= 11 is 0. The first kappa shape index (κ1) is 23.9. The smallest absolute Gasteiger partial charge is 0.251 e. The maximum Gasteiger partial charge on any atom is 0.251 e. The van der Waals surface area contributed by atoms with E-state index in [1.165, 1.54) is 11.0 Å². The third-order valence-electron chi connectivity index (χ3n) is 7.02. The fourth-order valence-corrected chi connectivity index (χ4v) is 5.00. The Labute approximate surface area is 209 Å². The molecular weight excluding hydrogens is 465 g/mol. The van der Waals surface area contributed by atoms with Crippen LogP contribution in [0.4, 0.5) is 10.1 Å². The van der Waals surface area contributed by atoms with Crippen molar-refractivity contribution < 1.29 is 23.5 Å². The molecule has 3 heterocycles. The summed E-state index contributed by atoms with van der Waals surface area (Å²) in [4.78, 5) is 31.4. The fourth-order valence-electron chi connectivity index (χ4n) is 5.00. The number of para-hydroxylation sites is 1. The Balaban J connectivity index is 1.18. The fraction of sp³-hybridized carbons (Fsp3) is 0.385. The topological polar surface area (TPSA) is 77.6 Å². The van der Waals surface area contributed by atoms with Gasteiger partial charge in [0, 0.05) is 38.6 Å². The average molecular weight is 496 g/mol. The summed E-state index contributed by atoms with van der Waals surface area (Å²) in [6.45, 7) is 2.04. The van der Waals surface area contributed by atoms with Crippen LogP contribution in [0.3, 0.4) is 0 Å². The van der Waals surface area contributed by atoms with Gasteiger partial charge in [0.1, 0.15) is 18.4 Å². The number of anilines is 1. The predicted molar refractivity (Wildman–Crippen MR) is 132 cm³/mol. The summed E-state index contributed by atoms with van der Waals surface area (Å²) in [5.41, 5.74) is 4.90. The van der Waals surface area contributed by atoms with Crippen LogP contribution in [0.15, 0.2) is 54.9 Å². The Hall–Kier alpha value is -3.79. The number of piperazine rings is 1. The standard InChI is InChI=1S/C26H30FN5O4/c1-35-23-8-7-18(15-24(23)36-2)20-16-22-26(34)31(13-14-32(22)28-20)17-25(33)30-11-9-29(10-12-30)21-6-4-3-5-19(21)27/h3-8,13-15,20,22,28H,9-12,16-17H2,1-2H3. The summed E-state index contributed by atoms with van der Waals surface area (Å²) in [7, 11) is 3.18. The van der Waals surface area contributed by atoms with Gasteiger partial charge in [-0.2, -0.15) is 0 Å². The van der Waals surface area contributed by atoms with Crippen molar-refractivity contribution in [2.24, 2.45) is 0 Å². The Kier molecular flexibility index (Phi) is 6.69. The summed E-state index contributed by atoms with van der Waals surface area (Å²) in [5, 5.41) is 1.80. The minimum Gasteiger partial charge on any atom is -0.493 e. The van der Waals surface area contributed by atoms with E-state index in [2.05, 4.69) is 5.43 Å². The van der Waals surface area contributed by atoms with Crippen molar-refractivity contribution in [3.63, 3.8) is 0 Å². The molecule has 0 radical (unpaired) electrons. The van der Waals surface area contributed by atoms with Crippen molar-refractivity contribution in [1.82, 2.24) is 20.2 Å². The third-order valence-corrected chi connectivity index (χ3v) is 7.02. The number of nitrogens with one attached hydrogen (secondary N) is 1. The van der Waals surface area contributed by atoms with Gasteiger partial charge in [0.25, 0.3) is 5.91 Å². The van der Waals surface area contributed by atoms with Crippen molar-refractivity contribution in [2.45, 2.75) is 18.5 Å². The summed E-state index contributed by atoms with van der Waals surface area (Å²) < 4.78 is 24.8. The van der Waals surface area contributed by atoms with E-state index in [4.69, 9.17) is 9.47 Å². The van der Waals surface area contributed by atoms with Crippen LogP contribution in [-0.2, 0) is 9.59 Å². The minimum absolute atomic E-state index is 0.0135. The Morgan fingerprint density at radius 2 is 1.78 bits per heavy atom. The second kappa shape index (κ2) is 10.1. The summed E-state index contributed by atoms with van der Waals surface area (Å²) in [6.07, 6.45) is 4.01. The first-order valence-corrected chi connectivity index (χ1v) is 12.0. The van der Waals surface area contributed by atoms with E-state index in [1.807, 2.05) is 23.1 Å². The van der Waals surface area contributed by atoms with E-state index in [0.717, 1.165) is 5.56 Å². The predicted octanol–water partition coefficient (Wildman–Crippen LogP) is 2.13. The highest BCUT2D eigenvalue weighted by Crippen LogP contribution is 2.35. The van der Waals surface area contributed by atoms with Gasteiger partial charge in [-0.3, -0.25) is 9.59 Å². The van der Waals surface area contributed by atoms with Gasteiger partial charge in [-0.05, 0) is 36.2 Å². The molecule has 1 N–H and O–H groups in total. The molecule has 190 valence electrons. The zero-order valence-corrected chi connectivity index (χ0v) is 20.4. The maximum absolute atomic E-state index is 14.1. The zero-order chi connectivity index (χ0) is 25.2. The molecule has 2 unspecified atom stereocenters. The number of amides is 2. The average Bonchev–Trinajstić information content (AvgIpc) is 3.35. The molecule has 3 aliphatic rings. The second-order valence-corrected chi connectivity index (χ2v) is 9.04. The molecule has 0 aromatic heterocycles. The highest BCUT2D eigenvalue weighted by Gasteiger charge is 2.41. The van der Waals surface area contributed by atoms with Crippen LogP contribution in [0.5, 0.6) is 11.5 Å². The number of carbonyl (C=O) groups is 2. The Morgan fingerprint density at radius 1 is 1.03 bits per heavy atom. The molecule has 2 aromatic carbocycles. The number of hydrogen-bond donors (Lipinski definition) is 1. The van der Waals surface area contributed by atoms with E-state index in [1.54, 1.807) is 54.7 Å². The number of hydrogen-bond acceptors (Lipinski definition) is 7. The number of benzene rings is 2. The molecule has 0 bridgehead atoms. The van der Waals surface area contributed by atoms with Crippen molar-refractivity contribution in [1.29, 1.82) is 0 Å². The van der Waals surface area contributed by atoms with Crippen LogP contribution < -0.4 is 19.8 Å². The molecular formula is C26H30FN5O4. The van der Waals surface area contributed by atoms with Crippen LogP contribution in [0.2, 0.25) is 0 Å². The van der Waals surface area contributed by atoms with Gasteiger partial charge in [0.15, 0.2) is 11.5 Å². The molecule has 0 aliphatic carbocycles. The number of carbonyl (C=O) groups excluding carboxylic acids is 2. The first-order valence-electron chi connectivity index (χ1n) is 12.0. The highest BCUT2D eigenvalue weighted by molar-refractivity contribution is 5.89. The summed E-state index contributed by atoms with van der Waals surface area (Å²) in [5.74, 6) is 0.782. The van der Waals surface area contributed by atoms with Crippen LogP contribution in [0.1, 0.15) is 18.0 Å². The largest absolute Gasteiger partial charge is 0.493 e. The third kappa shape index (κ3) is 4.56. The van der Waals surface area contributed by atoms with Gasteiger partial charge < -0.3 is 29.2 Å². The van der Waals surface area contributed by atoms with Crippen LogP contribution in [0, 0.1) is 5.82 Å². The number of ether oxygens (including phenoxy) is 2. The van der Waals surface area contributed by atoms with Crippen LogP contribution in [0.25, 0.3) is 0 Å². The van der Waals surface area contributed by atoms with E-state index in [0.29, 0.717) is 49.8 Å². The lowest BCUT2D eigenvalue weighted by Crippen LogP contribution is -2.54. The molecule has 2 aromatic rings. The van der Waals surface area contributed by atoms with Crippen LogP contribution >= 0.6 is 0 Å². The lowest BCUT2D eigenvalue weighted by molar-refractivity contribution is -0.141. The minimum atomic E-state index is -0.404. The molecule has 0 saturated carbocycles. The number of rotatable bonds is 6. The SMILES string of the molecule is COc1ccc(C2CC3C(=O)N(CC(=O)N4CCN(c5ccccc5F)CC4)C=CN3N2)cc1OC. The number of hydrazine groups is 1. The van der Waals surface area contributed by atoms with Gasteiger partial charge >= 0.3 is 0 Å². The molecule has 9 nitrogen and oxygen atoms in total. The van der Waals surface area contributed by atoms with E-state index in [-0.39, 0.29) is 30.2 Å². The number of fused-ring (bicyclic) bond motifs is 1. The molecule has 36 heavy (non-hydrogen) atoms. The molecule has 5 rings (SSSR count). The number of nitrogens with zero attached hydrogens (tertiary/aromatic N) is 4. The van der Waals surface area contributed by atoms with Crippen LogP contribution in [-0.4, -0.2) is 79.6 Å². The van der Waals surface area contributed by atoms with E-state index >= 15 is 0 Å². The van der Waals surface area contributed by atoms with Gasteiger partial charge in [0.05, 0.1) is 25.9 Å². The van der Waals surface area contributed by atoms with Gasteiger partial charge in [-0.15, -0.1) is 0 Å². The maximum atomic E-state index is 14.1. The quantitative estimate of drug-likeness (QED) is 0.658. The molecule has 2 fully saturated rings. The molecule has 0 spiro atoms.